The zero-order valence-electron chi connectivity index (χ0n) is 8.83. The molecule has 0 spiro atoms. The van der Waals surface area contributed by atoms with Crippen LogP contribution < -0.4 is 4.74 Å². The van der Waals surface area contributed by atoms with Crippen LogP contribution in [0.5, 0.6) is 5.75 Å². The van der Waals surface area contributed by atoms with Gasteiger partial charge in [0.25, 0.3) is 0 Å². The molecule has 2 nitrogen and oxygen atoms in total. The Hall–Kier alpha value is -1.09. The highest BCUT2D eigenvalue weighted by Gasteiger charge is 2.21. The second kappa shape index (κ2) is 4.62. The lowest BCUT2D eigenvalue weighted by Gasteiger charge is -2.08. The lowest BCUT2D eigenvalue weighted by atomic mass is 10.2. The van der Waals surface area contributed by atoms with Crippen molar-refractivity contribution in [3.05, 3.63) is 29.6 Å². The first-order valence-corrected chi connectivity index (χ1v) is 5.23. The summed E-state index contributed by atoms with van der Waals surface area (Å²) in [5, 5.41) is 0. The van der Waals surface area contributed by atoms with Gasteiger partial charge in [0, 0.05) is 0 Å². The van der Waals surface area contributed by atoms with Gasteiger partial charge in [-0.05, 0) is 37.3 Å². The van der Waals surface area contributed by atoms with Crippen molar-refractivity contribution in [3.8, 4) is 5.75 Å². The molecule has 0 atom stereocenters. The zero-order valence-corrected chi connectivity index (χ0v) is 8.83. The molecule has 2 rings (SSSR count). The van der Waals surface area contributed by atoms with E-state index in [4.69, 9.17) is 9.47 Å². The molecule has 1 aromatic rings. The van der Waals surface area contributed by atoms with Gasteiger partial charge in [0.15, 0.2) is 18.4 Å². The third-order valence-electron chi connectivity index (χ3n) is 2.50. The van der Waals surface area contributed by atoms with Gasteiger partial charge in [0.05, 0.1) is 6.61 Å². The molecule has 0 amide bonds. The van der Waals surface area contributed by atoms with Crippen LogP contribution in [0.1, 0.15) is 18.4 Å². The number of halogens is 1. The third kappa shape index (κ3) is 2.93. The first-order chi connectivity index (χ1) is 7.27. The van der Waals surface area contributed by atoms with Gasteiger partial charge in [-0.3, -0.25) is 0 Å². The Balaban J connectivity index is 1.78. The SMILES string of the molecule is Cc1cccc(OCOCC2CC2)c1F. The number of hydrogen-bond acceptors (Lipinski definition) is 2. The summed E-state index contributed by atoms with van der Waals surface area (Å²) >= 11 is 0. The second-order valence-corrected chi connectivity index (χ2v) is 3.96. The first-order valence-electron chi connectivity index (χ1n) is 5.23. The summed E-state index contributed by atoms with van der Waals surface area (Å²) in [7, 11) is 0. The maximum atomic E-state index is 13.4. The predicted molar refractivity (Wildman–Crippen MR) is 55.3 cm³/mol. The molecule has 1 saturated carbocycles. The van der Waals surface area contributed by atoms with Crippen LogP contribution >= 0.6 is 0 Å². The van der Waals surface area contributed by atoms with E-state index >= 15 is 0 Å². The molecule has 0 N–H and O–H groups in total. The summed E-state index contributed by atoms with van der Waals surface area (Å²) in [4.78, 5) is 0. The quantitative estimate of drug-likeness (QED) is 0.549. The van der Waals surface area contributed by atoms with Crippen LogP contribution in [0.15, 0.2) is 18.2 Å². The van der Waals surface area contributed by atoms with Gasteiger partial charge in [0.2, 0.25) is 0 Å². The monoisotopic (exact) mass is 210 g/mol. The fourth-order valence-electron chi connectivity index (χ4n) is 1.34. The summed E-state index contributed by atoms with van der Waals surface area (Å²) in [6.45, 7) is 2.58. The largest absolute Gasteiger partial charge is 0.464 e. The lowest BCUT2D eigenvalue weighted by Crippen LogP contribution is -2.06. The number of aryl methyl sites for hydroxylation is 1. The Morgan fingerprint density at radius 1 is 1.40 bits per heavy atom. The maximum Gasteiger partial charge on any atom is 0.189 e. The fourth-order valence-corrected chi connectivity index (χ4v) is 1.34. The minimum absolute atomic E-state index is 0.136. The van der Waals surface area contributed by atoms with Gasteiger partial charge in [-0.25, -0.2) is 4.39 Å². The Morgan fingerprint density at radius 3 is 2.93 bits per heavy atom. The van der Waals surface area contributed by atoms with Crippen molar-refractivity contribution in [1.82, 2.24) is 0 Å². The average Bonchev–Trinajstić information content (AvgIpc) is 3.02. The standard InChI is InChI=1S/C12H15FO2/c1-9-3-2-4-11(12(9)13)15-8-14-7-10-5-6-10/h2-4,10H,5-8H2,1H3. The highest BCUT2D eigenvalue weighted by Crippen LogP contribution is 2.28. The molecule has 0 aliphatic heterocycles. The van der Waals surface area contributed by atoms with Gasteiger partial charge in [-0.1, -0.05) is 12.1 Å². The van der Waals surface area contributed by atoms with Crippen molar-refractivity contribution in [1.29, 1.82) is 0 Å². The molecule has 0 radical (unpaired) electrons. The van der Waals surface area contributed by atoms with E-state index in [0.717, 1.165) is 6.61 Å². The highest BCUT2D eigenvalue weighted by molar-refractivity contribution is 5.29. The van der Waals surface area contributed by atoms with Gasteiger partial charge in [-0.2, -0.15) is 0 Å². The normalized spacial score (nSPS) is 15.3. The average molecular weight is 210 g/mol. The van der Waals surface area contributed by atoms with Crippen molar-refractivity contribution in [2.24, 2.45) is 5.92 Å². The summed E-state index contributed by atoms with van der Waals surface area (Å²) in [6.07, 6.45) is 2.50. The van der Waals surface area contributed by atoms with Crippen LogP contribution in [-0.4, -0.2) is 13.4 Å². The number of benzene rings is 1. The van der Waals surface area contributed by atoms with Crippen LogP contribution in [-0.2, 0) is 4.74 Å². The van der Waals surface area contributed by atoms with E-state index in [1.165, 1.54) is 12.8 Å². The molecule has 1 aliphatic carbocycles. The predicted octanol–water partition coefficient (Wildman–Crippen LogP) is 2.90. The molecule has 1 aliphatic rings. The highest BCUT2D eigenvalue weighted by atomic mass is 19.1. The van der Waals surface area contributed by atoms with Gasteiger partial charge < -0.3 is 9.47 Å². The Bertz CT molecular complexity index is 334. The van der Waals surface area contributed by atoms with E-state index in [0.29, 0.717) is 11.5 Å². The fraction of sp³-hybridized carbons (Fsp3) is 0.500. The van der Waals surface area contributed by atoms with Crippen LogP contribution in [0.3, 0.4) is 0 Å². The molecule has 15 heavy (non-hydrogen) atoms. The zero-order chi connectivity index (χ0) is 10.7. The van der Waals surface area contributed by atoms with E-state index in [9.17, 15) is 4.39 Å². The van der Waals surface area contributed by atoms with E-state index in [-0.39, 0.29) is 18.4 Å². The minimum Gasteiger partial charge on any atom is -0.464 e. The number of hydrogen-bond donors (Lipinski definition) is 0. The molecular formula is C12H15FO2. The van der Waals surface area contributed by atoms with Crippen molar-refractivity contribution in [2.75, 3.05) is 13.4 Å². The van der Waals surface area contributed by atoms with Crippen LogP contribution in [0.2, 0.25) is 0 Å². The molecule has 0 unspecified atom stereocenters. The van der Waals surface area contributed by atoms with E-state index < -0.39 is 0 Å². The molecule has 1 fully saturated rings. The molecule has 0 saturated heterocycles. The van der Waals surface area contributed by atoms with Gasteiger partial charge in [-0.15, -0.1) is 0 Å². The Labute approximate surface area is 89.0 Å². The van der Waals surface area contributed by atoms with Crippen molar-refractivity contribution < 1.29 is 13.9 Å². The van der Waals surface area contributed by atoms with Crippen molar-refractivity contribution >= 4 is 0 Å². The summed E-state index contributed by atoms with van der Waals surface area (Å²) in [6, 6.07) is 5.10. The molecule has 82 valence electrons. The molecule has 1 aromatic carbocycles. The maximum absolute atomic E-state index is 13.4. The smallest absolute Gasteiger partial charge is 0.189 e. The lowest BCUT2D eigenvalue weighted by molar-refractivity contribution is 0.00787. The van der Waals surface area contributed by atoms with E-state index in [1.54, 1.807) is 25.1 Å². The summed E-state index contributed by atoms with van der Waals surface area (Å²) < 4.78 is 23.9. The van der Waals surface area contributed by atoms with E-state index in [1.807, 2.05) is 0 Å². The third-order valence-corrected chi connectivity index (χ3v) is 2.50. The molecule has 0 aromatic heterocycles. The van der Waals surface area contributed by atoms with Crippen molar-refractivity contribution in [2.45, 2.75) is 19.8 Å². The topological polar surface area (TPSA) is 18.5 Å². The minimum atomic E-state index is -0.299. The first kappa shape index (κ1) is 10.4. The number of rotatable bonds is 5. The Kier molecular flexibility index (Phi) is 3.21. The summed E-state index contributed by atoms with van der Waals surface area (Å²) in [5.41, 5.74) is 0.592. The second-order valence-electron chi connectivity index (χ2n) is 3.96. The molecule has 0 heterocycles. The van der Waals surface area contributed by atoms with Gasteiger partial charge in [0.1, 0.15) is 0 Å². The summed E-state index contributed by atoms with van der Waals surface area (Å²) in [5.74, 6) is 0.675. The molecule has 3 heteroatoms. The molecular weight excluding hydrogens is 195 g/mol. The Morgan fingerprint density at radius 2 is 2.20 bits per heavy atom. The van der Waals surface area contributed by atoms with Crippen LogP contribution in [0, 0.1) is 18.7 Å². The molecule has 0 bridgehead atoms. The van der Waals surface area contributed by atoms with E-state index in [2.05, 4.69) is 0 Å². The van der Waals surface area contributed by atoms with Gasteiger partial charge >= 0.3 is 0 Å². The number of ether oxygens (including phenoxy) is 2. The van der Waals surface area contributed by atoms with Crippen LogP contribution in [0.4, 0.5) is 4.39 Å². The van der Waals surface area contributed by atoms with Crippen LogP contribution in [0.25, 0.3) is 0 Å². The van der Waals surface area contributed by atoms with Crippen molar-refractivity contribution in [3.63, 3.8) is 0 Å².